The van der Waals surface area contributed by atoms with Gasteiger partial charge in [0.2, 0.25) is 5.91 Å². The molecule has 10 heteroatoms. The number of carbonyl (C=O) groups is 2. The fourth-order valence-electron chi connectivity index (χ4n) is 5.19. The maximum absolute atomic E-state index is 13.6. The number of nitrogens with zero attached hydrogens (tertiary/aromatic N) is 3. The Morgan fingerprint density at radius 2 is 2.00 bits per heavy atom. The number of benzene rings is 2. The summed E-state index contributed by atoms with van der Waals surface area (Å²) in [5.41, 5.74) is 7.05. The first kappa shape index (κ1) is 21.7. The lowest BCUT2D eigenvalue weighted by atomic mass is 9.64. The third kappa shape index (κ3) is 2.72. The van der Waals surface area contributed by atoms with Gasteiger partial charge in [-0.15, -0.1) is 0 Å². The number of non-ortho nitro benzene ring substituents is 1. The molecule has 1 spiro atoms. The maximum atomic E-state index is 13.6. The minimum atomic E-state index is -1.74. The summed E-state index contributed by atoms with van der Waals surface area (Å²) in [5.74, 6) is -0.887. The number of nitrogens with one attached hydrogen (secondary N) is 1. The summed E-state index contributed by atoms with van der Waals surface area (Å²) in [4.78, 5) is 39.5. The van der Waals surface area contributed by atoms with Gasteiger partial charge >= 0.3 is 0 Å². The molecule has 34 heavy (non-hydrogen) atoms. The molecule has 1 atom stereocenters. The second-order valence-electron chi connectivity index (χ2n) is 8.43. The van der Waals surface area contributed by atoms with E-state index in [9.17, 15) is 25.0 Å². The second-order valence-corrected chi connectivity index (χ2v) is 8.86. The van der Waals surface area contributed by atoms with Crippen LogP contribution in [0.5, 0.6) is 0 Å². The van der Waals surface area contributed by atoms with Crippen LogP contribution in [0.3, 0.4) is 0 Å². The predicted octanol–water partition coefficient (Wildman–Crippen LogP) is 3.97. The van der Waals surface area contributed by atoms with Crippen LogP contribution in [0.25, 0.3) is 0 Å². The number of Topliss-reactive ketones (excluding diaryl/α,β-unsaturated/α-hetero) is 1. The molecule has 3 N–H and O–H groups in total. The Morgan fingerprint density at radius 3 is 2.71 bits per heavy atom. The van der Waals surface area contributed by atoms with Crippen LogP contribution in [0.15, 0.2) is 59.1 Å². The van der Waals surface area contributed by atoms with E-state index in [4.69, 9.17) is 17.3 Å². The zero-order valence-corrected chi connectivity index (χ0v) is 18.8. The number of nitriles is 1. The quantitative estimate of drug-likeness (QED) is 0.494. The van der Waals surface area contributed by atoms with Crippen LogP contribution >= 0.6 is 11.6 Å². The van der Waals surface area contributed by atoms with Crippen molar-refractivity contribution in [3.8, 4) is 6.07 Å². The number of ketones is 1. The number of hydrogen-bond acceptors (Lipinski definition) is 7. The number of halogens is 1. The van der Waals surface area contributed by atoms with Gasteiger partial charge in [-0.1, -0.05) is 17.7 Å². The van der Waals surface area contributed by atoms with Crippen molar-refractivity contribution in [1.82, 2.24) is 0 Å². The molecule has 0 bridgehead atoms. The zero-order valence-electron chi connectivity index (χ0n) is 18.0. The largest absolute Gasteiger partial charge is 0.384 e. The standard InChI is InChI=1S/C24H18ClN5O4/c1-12-5-7-14(30(33)34)10-19(12)29-18-3-2-4-20(31)21(18)24(16(11-26)22(29)27)15-9-13(25)6-8-17(15)28-23(24)32/h5-10H,2-4,27H2,1H3,(H,28,32). The number of anilines is 2. The number of fused-ring (bicyclic) bond motifs is 3. The molecule has 0 radical (unpaired) electrons. The Labute approximate surface area is 199 Å². The number of carbonyl (C=O) groups excluding carboxylic acids is 2. The van der Waals surface area contributed by atoms with E-state index in [-0.39, 0.29) is 34.9 Å². The number of hydrogen-bond donors (Lipinski definition) is 2. The highest BCUT2D eigenvalue weighted by molar-refractivity contribution is 6.31. The number of rotatable bonds is 2. The molecule has 0 fully saturated rings. The molecule has 1 unspecified atom stereocenters. The van der Waals surface area contributed by atoms with E-state index in [2.05, 4.69) is 11.4 Å². The van der Waals surface area contributed by atoms with Gasteiger partial charge in [-0.05, 0) is 43.5 Å². The number of allylic oxidation sites excluding steroid dienone is 1. The van der Waals surface area contributed by atoms with Gasteiger partial charge in [-0.25, -0.2) is 0 Å². The van der Waals surface area contributed by atoms with E-state index >= 15 is 0 Å². The SMILES string of the molecule is Cc1ccc([N+](=O)[O-])cc1N1C(N)=C(C#N)C2(C(=O)Nc3ccc(Cl)cc32)C2=C1CCCC2=O. The van der Waals surface area contributed by atoms with Gasteiger partial charge in [0.25, 0.3) is 5.69 Å². The Bertz CT molecular complexity index is 1440. The van der Waals surface area contributed by atoms with Crippen LogP contribution in [-0.2, 0) is 15.0 Å². The Kier molecular flexibility index (Phi) is 4.74. The lowest BCUT2D eigenvalue weighted by Gasteiger charge is -2.43. The zero-order chi connectivity index (χ0) is 24.4. The molecule has 0 saturated heterocycles. The van der Waals surface area contributed by atoms with Gasteiger partial charge < -0.3 is 11.1 Å². The minimum Gasteiger partial charge on any atom is -0.384 e. The number of nitro benzene ring substituents is 1. The Morgan fingerprint density at radius 1 is 1.24 bits per heavy atom. The first-order chi connectivity index (χ1) is 16.2. The number of aryl methyl sites for hydroxylation is 1. The molecule has 2 heterocycles. The molecule has 0 aromatic heterocycles. The van der Waals surface area contributed by atoms with Gasteiger partial charge in [0, 0.05) is 46.1 Å². The average molecular weight is 476 g/mol. The highest BCUT2D eigenvalue weighted by atomic mass is 35.5. The summed E-state index contributed by atoms with van der Waals surface area (Å²) in [6.45, 7) is 1.75. The van der Waals surface area contributed by atoms with Crippen LogP contribution in [0.1, 0.15) is 30.4 Å². The van der Waals surface area contributed by atoms with Crippen LogP contribution in [0.4, 0.5) is 17.1 Å². The topological polar surface area (TPSA) is 142 Å². The van der Waals surface area contributed by atoms with Gasteiger partial charge in [-0.2, -0.15) is 5.26 Å². The molecular formula is C24H18ClN5O4. The third-order valence-corrected chi connectivity index (χ3v) is 6.87. The molecular weight excluding hydrogens is 458 g/mol. The lowest BCUT2D eigenvalue weighted by molar-refractivity contribution is -0.384. The number of nitrogens with two attached hydrogens (primary N) is 1. The molecule has 2 aromatic rings. The molecule has 2 aliphatic heterocycles. The highest BCUT2D eigenvalue weighted by Crippen LogP contribution is 2.55. The third-order valence-electron chi connectivity index (χ3n) is 6.63. The lowest BCUT2D eigenvalue weighted by Crippen LogP contribution is -2.50. The van der Waals surface area contributed by atoms with Crippen molar-refractivity contribution < 1.29 is 14.5 Å². The van der Waals surface area contributed by atoms with E-state index in [1.807, 2.05) is 0 Å². The van der Waals surface area contributed by atoms with Crippen molar-refractivity contribution >= 4 is 40.4 Å². The van der Waals surface area contributed by atoms with Crippen molar-refractivity contribution in [2.75, 3.05) is 10.2 Å². The molecule has 9 nitrogen and oxygen atoms in total. The second kappa shape index (κ2) is 7.43. The molecule has 170 valence electrons. The van der Waals surface area contributed by atoms with Crippen LogP contribution in [0, 0.1) is 28.4 Å². The van der Waals surface area contributed by atoms with Crippen molar-refractivity contribution in [3.63, 3.8) is 0 Å². The van der Waals surface area contributed by atoms with Crippen molar-refractivity contribution in [3.05, 3.63) is 85.3 Å². The molecule has 1 aliphatic carbocycles. The molecule has 5 rings (SSSR count). The van der Waals surface area contributed by atoms with Crippen molar-refractivity contribution in [2.24, 2.45) is 5.73 Å². The van der Waals surface area contributed by atoms with E-state index in [1.54, 1.807) is 31.2 Å². The summed E-state index contributed by atoms with van der Waals surface area (Å²) in [6.07, 6.45) is 1.11. The van der Waals surface area contributed by atoms with E-state index in [1.165, 1.54) is 17.0 Å². The van der Waals surface area contributed by atoms with Crippen molar-refractivity contribution in [1.29, 1.82) is 5.26 Å². The van der Waals surface area contributed by atoms with Crippen LogP contribution in [-0.4, -0.2) is 16.6 Å². The van der Waals surface area contributed by atoms with E-state index in [0.29, 0.717) is 46.1 Å². The molecule has 0 saturated carbocycles. The average Bonchev–Trinajstić information content (AvgIpc) is 3.06. The fraction of sp³-hybridized carbons (Fsp3) is 0.208. The minimum absolute atomic E-state index is 0.0532. The molecule has 2 aromatic carbocycles. The van der Waals surface area contributed by atoms with Gasteiger partial charge in [0.05, 0.1) is 16.2 Å². The summed E-state index contributed by atoms with van der Waals surface area (Å²) in [5, 5.41) is 24.9. The first-order valence-electron chi connectivity index (χ1n) is 10.6. The normalized spacial score (nSPS) is 21.4. The molecule has 3 aliphatic rings. The monoisotopic (exact) mass is 475 g/mol. The van der Waals surface area contributed by atoms with E-state index in [0.717, 1.165) is 0 Å². The summed E-state index contributed by atoms with van der Waals surface area (Å²) >= 11 is 6.26. The van der Waals surface area contributed by atoms with Crippen LogP contribution < -0.4 is 16.0 Å². The first-order valence-corrected chi connectivity index (χ1v) is 10.9. The predicted molar refractivity (Wildman–Crippen MR) is 125 cm³/mol. The molecule has 1 amide bonds. The van der Waals surface area contributed by atoms with Crippen LogP contribution in [0.2, 0.25) is 5.02 Å². The summed E-state index contributed by atoms with van der Waals surface area (Å²) in [7, 11) is 0. The van der Waals surface area contributed by atoms with Gasteiger partial charge in [0.15, 0.2) is 5.78 Å². The number of nitro groups is 1. The van der Waals surface area contributed by atoms with Gasteiger partial charge in [-0.3, -0.25) is 24.6 Å². The summed E-state index contributed by atoms with van der Waals surface area (Å²) < 4.78 is 0. The smallest absolute Gasteiger partial charge is 0.271 e. The van der Waals surface area contributed by atoms with Crippen molar-refractivity contribution in [2.45, 2.75) is 31.6 Å². The number of amides is 1. The summed E-state index contributed by atoms with van der Waals surface area (Å²) in [6, 6.07) is 11.2. The fourth-order valence-corrected chi connectivity index (χ4v) is 5.36. The Balaban J connectivity index is 1.89. The van der Waals surface area contributed by atoms with E-state index < -0.39 is 16.2 Å². The van der Waals surface area contributed by atoms with Gasteiger partial charge in [0.1, 0.15) is 17.3 Å². The Hall–Kier alpha value is -4.16. The highest BCUT2D eigenvalue weighted by Gasteiger charge is 2.60. The maximum Gasteiger partial charge on any atom is 0.271 e.